The monoisotopic (exact) mass is 760 g/mol. The van der Waals surface area contributed by atoms with E-state index in [-0.39, 0.29) is 29.4 Å². The van der Waals surface area contributed by atoms with Gasteiger partial charge >= 0.3 is 11.9 Å². The molecule has 3 fully saturated rings. The first-order chi connectivity index (χ1) is 26.0. The molecule has 1 aromatic rings. The number of ketones is 2. The third kappa shape index (κ3) is 8.14. The maximum Gasteiger partial charge on any atom is 0.328 e. The van der Waals surface area contributed by atoms with Crippen LogP contribution < -0.4 is 14.7 Å². The third-order valence-electron chi connectivity index (χ3n) is 13.1. The van der Waals surface area contributed by atoms with E-state index in [9.17, 15) is 24.3 Å². The number of aliphatic hydroxyl groups is 1. The largest absolute Gasteiger partial charge is 0.478 e. The Morgan fingerprint density at radius 1 is 0.927 bits per heavy atom. The Bertz CT molecular complexity index is 1710. The molecule has 55 heavy (non-hydrogen) atoms. The molecule has 0 unspecified atom stereocenters. The predicted octanol–water partition coefficient (Wildman–Crippen LogP) is 4.78. The third-order valence-corrected chi connectivity index (χ3v) is 13.1. The van der Waals surface area contributed by atoms with Crippen LogP contribution in [0.2, 0.25) is 0 Å². The molecule has 1 aromatic heterocycles. The lowest BCUT2D eigenvalue weighted by molar-refractivity contribution is -0.154. The lowest BCUT2D eigenvalue weighted by atomic mass is 9.49. The summed E-state index contributed by atoms with van der Waals surface area (Å²) in [6, 6.07) is 2.11. The molecule has 6 rings (SSSR count). The number of nitrogens with zero attached hydrogens (tertiary/aromatic N) is 6. The molecule has 2 heterocycles. The van der Waals surface area contributed by atoms with Crippen LogP contribution in [0.3, 0.4) is 0 Å². The van der Waals surface area contributed by atoms with Gasteiger partial charge in [-0.1, -0.05) is 31.6 Å². The molecule has 13 heteroatoms. The summed E-state index contributed by atoms with van der Waals surface area (Å²) < 4.78 is 0. The molecular formula is C42H60N6O7. The Morgan fingerprint density at radius 2 is 1.55 bits per heavy atom. The second-order valence-electron chi connectivity index (χ2n) is 16.0. The van der Waals surface area contributed by atoms with Gasteiger partial charge in [0.05, 0.1) is 6.54 Å². The van der Waals surface area contributed by atoms with E-state index in [1.807, 2.05) is 6.08 Å². The van der Waals surface area contributed by atoms with Crippen molar-refractivity contribution >= 4 is 41.1 Å². The number of rotatable bonds is 12. The fraction of sp³-hybridized carbons (Fsp3) is 0.619. The average Bonchev–Trinajstić information content (AvgIpc) is 3.44. The van der Waals surface area contributed by atoms with Crippen LogP contribution in [-0.4, -0.2) is 118 Å². The van der Waals surface area contributed by atoms with Gasteiger partial charge in [0.15, 0.2) is 11.6 Å². The zero-order valence-corrected chi connectivity index (χ0v) is 33.6. The average molecular weight is 761 g/mol. The molecule has 0 bridgehead atoms. The number of hydrogen-bond acceptors (Lipinski definition) is 11. The van der Waals surface area contributed by atoms with Crippen LogP contribution in [0.25, 0.3) is 0 Å². The van der Waals surface area contributed by atoms with Gasteiger partial charge in [0.25, 0.3) is 0 Å². The van der Waals surface area contributed by atoms with Crippen molar-refractivity contribution in [3.8, 4) is 0 Å². The Hall–Kier alpha value is -4.36. The van der Waals surface area contributed by atoms with Gasteiger partial charge in [0.1, 0.15) is 17.2 Å². The van der Waals surface area contributed by atoms with Gasteiger partial charge in [0.2, 0.25) is 5.95 Å². The number of carbonyl (C=O) groups excluding carboxylic acids is 2. The summed E-state index contributed by atoms with van der Waals surface area (Å²) in [5, 5.41) is 27.9. The van der Waals surface area contributed by atoms with E-state index in [0.29, 0.717) is 36.8 Å². The lowest BCUT2D eigenvalue weighted by Gasteiger charge is -2.55. The fourth-order valence-corrected chi connectivity index (χ4v) is 9.94. The number of allylic oxidation sites excluding steroid dienone is 6. The maximum absolute atomic E-state index is 14.2. The quantitative estimate of drug-likeness (QED) is 0.197. The van der Waals surface area contributed by atoms with Crippen molar-refractivity contribution in [2.75, 3.05) is 73.6 Å². The van der Waals surface area contributed by atoms with E-state index in [4.69, 9.17) is 20.2 Å². The second-order valence-corrected chi connectivity index (χ2v) is 16.0. The van der Waals surface area contributed by atoms with E-state index in [1.165, 1.54) is 11.1 Å². The van der Waals surface area contributed by atoms with Crippen LogP contribution in [-0.2, 0) is 19.2 Å². The zero-order chi connectivity index (χ0) is 40.3. The van der Waals surface area contributed by atoms with Gasteiger partial charge in [-0.25, -0.2) is 9.59 Å². The van der Waals surface area contributed by atoms with Crippen molar-refractivity contribution in [2.45, 2.75) is 79.8 Å². The Kier molecular flexibility index (Phi) is 12.8. The number of aliphatic carboxylic acids is 2. The summed E-state index contributed by atoms with van der Waals surface area (Å²) in [7, 11) is 0. The summed E-state index contributed by atoms with van der Waals surface area (Å²) in [5.41, 5.74) is 0.534. The van der Waals surface area contributed by atoms with E-state index in [0.717, 1.165) is 82.8 Å². The van der Waals surface area contributed by atoms with Crippen LogP contribution in [0.15, 0.2) is 53.7 Å². The minimum Gasteiger partial charge on any atom is -0.478 e. The van der Waals surface area contributed by atoms with Crippen molar-refractivity contribution in [1.82, 2.24) is 14.9 Å². The summed E-state index contributed by atoms with van der Waals surface area (Å²) >= 11 is 0. The summed E-state index contributed by atoms with van der Waals surface area (Å²) in [5.74, 6) is 1.05. The van der Waals surface area contributed by atoms with Crippen molar-refractivity contribution in [3.05, 3.63) is 53.7 Å². The van der Waals surface area contributed by atoms with E-state index >= 15 is 0 Å². The highest BCUT2D eigenvalue weighted by Gasteiger charge is 2.64. The first kappa shape index (κ1) is 41.8. The normalized spacial score (nSPS) is 30.0. The number of carbonyl (C=O) groups is 4. The van der Waals surface area contributed by atoms with Gasteiger partial charge < -0.3 is 30.0 Å². The van der Waals surface area contributed by atoms with Gasteiger partial charge in [-0.15, -0.1) is 0 Å². The molecule has 6 atom stereocenters. The Balaban J connectivity index is 0.000000654. The number of carboxylic acids is 2. The van der Waals surface area contributed by atoms with Crippen molar-refractivity contribution in [1.29, 1.82) is 0 Å². The minimum absolute atomic E-state index is 0.0266. The summed E-state index contributed by atoms with van der Waals surface area (Å²) in [4.78, 5) is 64.4. The first-order valence-corrected chi connectivity index (χ1v) is 20.0. The number of piperazine rings is 1. The minimum atomic E-state index is -1.33. The number of carboxylic acid groups (broad SMARTS) is 2. The van der Waals surface area contributed by atoms with Crippen LogP contribution in [0, 0.1) is 28.6 Å². The van der Waals surface area contributed by atoms with Crippen LogP contribution in [0.4, 0.5) is 17.6 Å². The summed E-state index contributed by atoms with van der Waals surface area (Å²) in [6.07, 6.45) is 12.2. The van der Waals surface area contributed by atoms with Crippen molar-refractivity contribution in [3.63, 3.8) is 0 Å². The van der Waals surface area contributed by atoms with Crippen LogP contribution in [0.5, 0.6) is 0 Å². The standard InChI is InChI=1S/C38H56N6O3.C4H4O4/c1-8-42(9-2)33-24-34(40-35(39-33)43(10-3)11-4)44-20-18-41(19-21-44)25-32(46)38(47)17-14-30-28-22-26(5)31-23-27(45)12-15-36(31,6)29(28)13-16-37(30,38)7;5-3(6)1-2-4(7)8/h12-13,15,23-24,26,28,30,47H,8-11,14,16-22,25H2,1-7H3;1-2H,(H,5,6)(H,7,8)/b;2-1+/t26-,28+,30-,36+,37-,38-;/m0./s1. The number of aromatic nitrogens is 2. The fourth-order valence-electron chi connectivity index (χ4n) is 9.94. The van der Waals surface area contributed by atoms with Gasteiger partial charge in [-0.05, 0) is 95.8 Å². The van der Waals surface area contributed by atoms with Crippen molar-refractivity contribution in [2.24, 2.45) is 28.6 Å². The highest BCUT2D eigenvalue weighted by Crippen LogP contribution is 2.65. The number of anilines is 3. The molecule has 0 aromatic carbocycles. The van der Waals surface area contributed by atoms with Crippen molar-refractivity contribution < 1.29 is 34.5 Å². The highest BCUT2D eigenvalue weighted by atomic mass is 16.4. The molecule has 0 spiro atoms. The van der Waals surface area contributed by atoms with Crippen LogP contribution in [0.1, 0.15) is 74.1 Å². The van der Waals surface area contributed by atoms with Crippen LogP contribution >= 0.6 is 0 Å². The predicted molar refractivity (Wildman–Crippen MR) is 213 cm³/mol. The molecule has 3 N–H and O–H groups in total. The first-order valence-electron chi connectivity index (χ1n) is 20.0. The molecule has 1 saturated heterocycles. The maximum atomic E-state index is 14.2. The highest BCUT2D eigenvalue weighted by molar-refractivity contribution is 6.01. The second kappa shape index (κ2) is 16.8. The molecule has 13 nitrogen and oxygen atoms in total. The number of Topliss-reactive ketones (excluding diaryl/α,β-unsaturated/α-hetero) is 1. The van der Waals surface area contributed by atoms with E-state index in [1.54, 1.807) is 6.08 Å². The Morgan fingerprint density at radius 3 is 2.13 bits per heavy atom. The zero-order valence-electron chi connectivity index (χ0n) is 33.6. The van der Waals surface area contributed by atoms with Gasteiger partial charge in [-0.2, -0.15) is 9.97 Å². The Labute approximate surface area is 325 Å². The lowest BCUT2D eigenvalue weighted by Crippen LogP contribution is -2.58. The topological polar surface area (TPSA) is 168 Å². The molecule has 300 valence electrons. The smallest absolute Gasteiger partial charge is 0.328 e. The van der Waals surface area contributed by atoms with Gasteiger partial charge in [0, 0.05) is 81.4 Å². The number of fused-ring (bicyclic) bond motifs is 5. The SMILES string of the molecule is CCN(CC)c1cc(N2CCN(CC(=O)[C@@]3(O)CC[C@H]4[C@@H]5C[C@H](C)C6=CC(=O)C=C[C@]6(C)C5=CC[C@@]43C)CC2)nc(N(CC)CC)n1.O=C(O)/C=C/C(=O)O. The molecule has 4 aliphatic carbocycles. The molecular weight excluding hydrogens is 700 g/mol. The molecule has 0 radical (unpaired) electrons. The molecule has 2 saturated carbocycles. The van der Waals surface area contributed by atoms with Gasteiger partial charge in [-0.3, -0.25) is 14.5 Å². The summed E-state index contributed by atoms with van der Waals surface area (Å²) in [6.45, 7) is 22.0. The van der Waals surface area contributed by atoms with E-state index in [2.05, 4.69) is 86.3 Å². The van der Waals surface area contributed by atoms with E-state index < -0.39 is 23.0 Å². The molecule has 1 aliphatic heterocycles. The molecule has 0 amide bonds. The molecule has 5 aliphatic rings. The number of hydrogen-bond donors (Lipinski definition) is 3.